The molecule has 0 spiro atoms. The molecule has 15 heavy (non-hydrogen) atoms. The zero-order valence-corrected chi connectivity index (χ0v) is 7.91. The molecule has 0 fully saturated rings. The fraction of sp³-hybridized carbons (Fsp3) is 0.375. The number of hydrogen-bond donors (Lipinski definition) is 1. The molecular formula is C8H9F2N3O2. The zero-order chi connectivity index (χ0) is 11.6. The average molecular weight is 217 g/mol. The van der Waals surface area contributed by atoms with Crippen LogP contribution in [-0.4, -0.2) is 9.91 Å². The van der Waals surface area contributed by atoms with Gasteiger partial charge in [-0.15, -0.1) is 0 Å². The lowest BCUT2D eigenvalue weighted by molar-refractivity contribution is -0.390. The predicted molar refractivity (Wildman–Crippen MR) is 48.5 cm³/mol. The first-order chi connectivity index (χ1) is 6.99. The maximum atomic E-state index is 12.6. The summed E-state index contributed by atoms with van der Waals surface area (Å²) in [4.78, 5) is 13.2. The van der Waals surface area contributed by atoms with Crippen LogP contribution in [0.5, 0.6) is 0 Å². The summed E-state index contributed by atoms with van der Waals surface area (Å²) in [5, 5.41) is 10.5. The van der Waals surface area contributed by atoms with Crippen LogP contribution in [0.25, 0.3) is 0 Å². The van der Waals surface area contributed by atoms with Crippen LogP contribution in [0, 0.1) is 17.0 Å². The number of hydrogen-bond acceptors (Lipinski definition) is 4. The van der Waals surface area contributed by atoms with Crippen LogP contribution in [0.4, 0.5) is 14.6 Å². The molecule has 1 aromatic heterocycles. The number of aryl methyl sites for hydroxylation is 1. The number of halogens is 2. The Kier molecular flexibility index (Phi) is 3.25. The minimum atomic E-state index is -2.79. The topological polar surface area (TPSA) is 82.0 Å². The SMILES string of the molecule is Cc1cnc([N+](=O)[O-])c(CN)c1C(F)F. The number of nitro groups is 1. The van der Waals surface area contributed by atoms with Crippen molar-refractivity contribution in [3.63, 3.8) is 0 Å². The molecule has 0 amide bonds. The number of pyridine rings is 1. The molecular weight excluding hydrogens is 208 g/mol. The normalized spacial score (nSPS) is 10.7. The number of alkyl halides is 2. The predicted octanol–water partition coefficient (Wildman–Crippen LogP) is 1.69. The molecule has 82 valence electrons. The lowest BCUT2D eigenvalue weighted by Crippen LogP contribution is -2.09. The van der Waals surface area contributed by atoms with Gasteiger partial charge < -0.3 is 15.8 Å². The number of nitrogens with zero attached hydrogens (tertiary/aromatic N) is 2. The number of nitrogens with two attached hydrogens (primary N) is 1. The fourth-order valence-electron chi connectivity index (χ4n) is 1.33. The minimum absolute atomic E-state index is 0.199. The van der Waals surface area contributed by atoms with E-state index in [-0.39, 0.29) is 23.2 Å². The van der Waals surface area contributed by atoms with Gasteiger partial charge in [0, 0.05) is 17.7 Å². The second-order valence-corrected chi connectivity index (χ2v) is 2.92. The lowest BCUT2D eigenvalue weighted by Gasteiger charge is -2.08. The summed E-state index contributed by atoms with van der Waals surface area (Å²) in [7, 11) is 0. The van der Waals surface area contributed by atoms with Crippen LogP contribution in [-0.2, 0) is 6.54 Å². The van der Waals surface area contributed by atoms with Crippen LogP contribution >= 0.6 is 0 Å². The molecule has 0 aromatic carbocycles. The second kappa shape index (κ2) is 4.26. The molecule has 0 saturated carbocycles. The molecule has 0 atom stereocenters. The summed E-state index contributed by atoms with van der Waals surface area (Å²) in [5.41, 5.74) is 4.83. The van der Waals surface area contributed by atoms with Crippen LogP contribution in [0.15, 0.2) is 6.20 Å². The molecule has 0 aliphatic rings. The van der Waals surface area contributed by atoms with E-state index in [0.29, 0.717) is 0 Å². The van der Waals surface area contributed by atoms with Crippen molar-refractivity contribution in [2.45, 2.75) is 19.9 Å². The highest BCUT2D eigenvalue weighted by atomic mass is 19.3. The highest BCUT2D eigenvalue weighted by Gasteiger charge is 2.25. The van der Waals surface area contributed by atoms with Gasteiger partial charge in [-0.05, 0) is 16.8 Å². The highest BCUT2D eigenvalue weighted by Crippen LogP contribution is 2.30. The van der Waals surface area contributed by atoms with Gasteiger partial charge in [0.2, 0.25) is 0 Å². The fourth-order valence-corrected chi connectivity index (χ4v) is 1.33. The highest BCUT2D eigenvalue weighted by molar-refractivity contribution is 5.43. The summed E-state index contributed by atoms with van der Waals surface area (Å²) in [5.74, 6) is -0.599. The van der Waals surface area contributed by atoms with Crippen molar-refractivity contribution in [3.8, 4) is 0 Å². The third kappa shape index (κ3) is 2.07. The summed E-state index contributed by atoms with van der Waals surface area (Å²) in [6.45, 7) is 1.09. The van der Waals surface area contributed by atoms with Crippen LogP contribution in [0.2, 0.25) is 0 Å². The van der Waals surface area contributed by atoms with E-state index in [9.17, 15) is 18.9 Å². The quantitative estimate of drug-likeness (QED) is 0.617. The number of aromatic nitrogens is 1. The summed E-state index contributed by atoms with van der Waals surface area (Å²) in [6, 6.07) is 0. The largest absolute Gasteiger partial charge is 0.368 e. The van der Waals surface area contributed by atoms with Gasteiger partial charge in [0.05, 0.1) is 5.56 Å². The van der Waals surface area contributed by atoms with E-state index in [2.05, 4.69) is 4.98 Å². The maximum Gasteiger partial charge on any atom is 0.368 e. The van der Waals surface area contributed by atoms with Crippen molar-refractivity contribution in [1.29, 1.82) is 0 Å². The van der Waals surface area contributed by atoms with Crippen molar-refractivity contribution in [2.24, 2.45) is 5.73 Å². The third-order valence-corrected chi connectivity index (χ3v) is 2.00. The van der Waals surface area contributed by atoms with E-state index in [1.165, 1.54) is 6.92 Å². The van der Waals surface area contributed by atoms with Crippen molar-refractivity contribution >= 4 is 5.82 Å². The van der Waals surface area contributed by atoms with Crippen molar-refractivity contribution in [1.82, 2.24) is 4.98 Å². The molecule has 2 N–H and O–H groups in total. The molecule has 0 unspecified atom stereocenters. The Morgan fingerprint density at radius 1 is 1.67 bits per heavy atom. The molecule has 1 aromatic rings. The van der Waals surface area contributed by atoms with Gasteiger partial charge in [0.25, 0.3) is 6.43 Å². The van der Waals surface area contributed by atoms with Crippen molar-refractivity contribution < 1.29 is 13.7 Å². The Hall–Kier alpha value is -1.63. The van der Waals surface area contributed by atoms with Crippen LogP contribution in [0.3, 0.4) is 0 Å². The van der Waals surface area contributed by atoms with E-state index in [1.54, 1.807) is 0 Å². The number of rotatable bonds is 3. The van der Waals surface area contributed by atoms with Gasteiger partial charge >= 0.3 is 5.82 Å². The molecule has 1 rings (SSSR count). The van der Waals surface area contributed by atoms with Gasteiger partial charge in [0.15, 0.2) is 0 Å². The Bertz CT molecular complexity index is 396. The first kappa shape index (κ1) is 11.4. The third-order valence-electron chi connectivity index (χ3n) is 2.00. The molecule has 0 aliphatic carbocycles. The Morgan fingerprint density at radius 3 is 2.67 bits per heavy atom. The Morgan fingerprint density at radius 2 is 2.27 bits per heavy atom. The van der Waals surface area contributed by atoms with Gasteiger partial charge in [-0.2, -0.15) is 0 Å². The minimum Gasteiger partial charge on any atom is -0.358 e. The van der Waals surface area contributed by atoms with Gasteiger partial charge in [-0.1, -0.05) is 0 Å². The van der Waals surface area contributed by atoms with E-state index < -0.39 is 17.2 Å². The van der Waals surface area contributed by atoms with E-state index in [4.69, 9.17) is 5.73 Å². The monoisotopic (exact) mass is 217 g/mol. The van der Waals surface area contributed by atoms with E-state index >= 15 is 0 Å². The van der Waals surface area contributed by atoms with Crippen molar-refractivity contribution in [2.75, 3.05) is 0 Å². The summed E-state index contributed by atoms with van der Waals surface area (Å²) in [6.07, 6.45) is -1.73. The summed E-state index contributed by atoms with van der Waals surface area (Å²) >= 11 is 0. The van der Waals surface area contributed by atoms with E-state index in [0.717, 1.165) is 6.20 Å². The summed E-state index contributed by atoms with van der Waals surface area (Å²) < 4.78 is 25.2. The van der Waals surface area contributed by atoms with Gasteiger partial charge in [-0.3, -0.25) is 0 Å². The van der Waals surface area contributed by atoms with Crippen LogP contribution < -0.4 is 5.73 Å². The molecule has 0 bridgehead atoms. The molecule has 0 aliphatic heterocycles. The first-order valence-electron chi connectivity index (χ1n) is 4.10. The Balaban J connectivity index is 3.47. The zero-order valence-electron chi connectivity index (χ0n) is 7.91. The standard InChI is InChI=1S/C8H9F2N3O2/c1-4-3-12-8(13(14)15)5(2-11)6(4)7(9)10/h3,7H,2,11H2,1H3. The van der Waals surface area contributed by atoms with Crippen molar-refractivity contribution in [3.05, 3.63) is 33.0 Å². The maximum absolute atomic E-state index is 12.6. The molecule has 0 saturated heterocycles. The average Bonchev–Trinajstić information content (AvgIpc) is 2.15. The van der Waals surface area contributed by atoms with Gasteiger partial charge in [-0.25, -0.2) is 8.78 Å². The Labute approximate surface area is 84.1 Å². The smallest absolute Gasteiger partial charge is 0.358 e. The second-order valence-electron chi connectivity index (χ2n) is 2.92. The van der Waals surface area contributed by atoms with E-state index in [1.807, 2.05) is 0 Å². The molecule has 0 radical (unpaired) electrons. The lowest BCUT2D eigenvalue weighted by atomic mass is 10.0. The first-order valence-corrected chi connectivity index (χ1v) is 4.10. The van der Waals surface area contributed by atoms with Gasteiger partial charge in [0.1, 0.15) is 6.20 Å². The molecule has 7 heteroatoms. The molecule has 1 heterocycles. The molecule has 5 nitrogen and oxygen atoms in total. The van der Waals surface area contributed by atoms with Crippen LogP contribution in [0.1, 0.15) is 23.1 Å².